The molecule has 1 rings (SSSR count). The van der Waals surface area contributed by atoms with Gasteiger partial charge in [-0.3, -0.25) is 4.98 Å². The predicted molar refractivity (Wildman–Crippen MR) is 50.4 cm³/mol. The van der Waals surface area contributed by atoms with E-state index in [0.29, 0.717) is 22.5 Å². The summed E-state index contributed by atoms with van der Waals surface area (Å²) in [6.07, 6.45) is 2.30. The monoisotopic (exact) mass is 231 g/mol. The van der Waals surface area contributed by atoms with E-state index in [1.807, 2.05) is 13.8 Å². The summed E-state index contributed by atoms with van der Waals surface area (Å²) >= 11 is 3.12. The number of rotatable bonds is 2. The first-order chi connectivity index (χ1) is 5.61. The van der Waals surface area contributed by atoms with Gasteiger partial charge in [0.05, 0.1) is 10.2 Å². The highest BCUT2D eigenvalue weighted by Gasteiger charge is 2.08. The number of aromatic nitrogens is 1. The van der Waals surface area contributed by atoms with Gasteiger partial charge in [-0.05, 0) is 34.3 Å². The molecule has 1 aromatic rings. The van der Waals surface area contributed by atoms with Gasteiger partial charge in [-0.15, -0.1) is 0 Å². The first-order valence-corrected chi connectivity index (χ1v) is 4.69. The largest absolute Gasteiger partial charge is 0.258 e. The third kappa shape index (κ3) is 2.27. The standard InChI is InChI=1S/C9H11BrFN/c1-6(2)5-8-9(11)7(10)3-4-12-8/h3-4,6H,5H2,1-2H3. The predicted octanol–water partition coefficient (Wildman–Crippen LogP) is 3.18. The maximum absolute atomic E-state index is 13.3. The fourth-order valence-electron chi connectivity index (χ4n) is 0.989. The van der Waals surface area contributed by atoms with E-state index >= 15 is 0 Å². The number of nitrogens with zero attached hydrogens (tertiary/aromatic N) is 1. The van der Waals surface area contributed by atoms with Crippen LogP contribution in [0.25, 0.3) is 0 Å². The second-order valence-electron chi connectivity index (χ2n) is 3.15. The van der Waals surface area contributed by atoms with Gasteiger partial charge in [0.15, 0.2) is 5.82 Å². The molecule has 1 nitrogen and oxygen atoms in total. The van der Waals surface area contributed by atoms with Crippen molar-refractivity contribution in [2.24, 2.45) is 5.92 Å². The maximum atomic E-state index is 13.3. The summed E-state index contributed by atoms with van der Waals surface area (Å²) < 4.78 is 13.7. The van der Waals surface area contributed by atoms with Gasteiger partial charge in [-0.2, -0.15) is 0 Å². The summed E-state index contributed by atoms with van der Waals surface area (Å²) in [5, 5.41) is 0. The van der Waals surface area contributed by atoms with Crippen LogP contribution in [0.4, 0.5) is 4.39 Å². The van der Waals surface area contributed by atoms with Crippen LogP contribution in [0.2, 0.25) is 0 Å². The molecule has 66 valence electrons. The molecule has 0 N–H and O–H groups in total. The lowest BCUT2D eigenvalue weighted by Crippen LogP contribution is -2.00. The average molecular weight is 232 g/mol. The van der Waals surface area contributed by atoms with Crippen molar-refractivity contribution in [1.29, 1.82) is 0 Å². The van der Waals surface area contributed by atoms with Crippen molar-refractivity contribution in [3.8, 4) is 0 Å². The van der Waals surface area contributed by atoms with E-state index in [1.54, 1.807) is 12.3 Å². The summed E-state index contributed by atoms with van der Waals surface area (Å²) in [5.74, 6) is 0.201. The van der Waals surface area contributed by atoms with Gasteiger partial charge in [0.25, 0.3) is 0 Å². The Labute approximate surface area is 80.1 Å². The molecule has 0 radical (unpaired) electrons. The van der Waals surface area contributed by atoms with E-state index in [-0.39, 0.29) is 5.82 Å². The first kappa shape index (κ1) is 9.65. The summed E-state index contributed by atoms with van der Waals surface area (Å²) in [6, 6.07) is 1.61. The van der Waals surface area contributed by atoms with Crippen molar-refractivity contribution in [3.63, 3.8) is 0 Å². The molecule has 0 saturated heterocycles. The maximum Gasteiger partial charge on any atom is 0.158 e. The van der Waals surface area contributed by atoms with E-state index in [4.69, 9.17) is 0 Å². The topological polar surface area (TPSA) is 12.9 Å². The zero-order valence-corrected chi connectivity index (χ0v) is 8.73. The van der Waals surface area contributed by atoms with Crippen LogP contribution in [0.1, 0.15) is 19.5 Å². The quantitative estimate of drug-likeness (QED) is 0.763. The Hall–Kier alpha value is -0.440. The number of pyridine rings is 1. The van der Waals surface area contributed by atoms with Gasteiger partial charge >= 0.3 is 0 Å². The molecule has 1 heterocycles. The Morgan fingerprint density at radius 2 is 2.25 bits per heavy atom. The second-order valence-corrected chi connectivity index (χ2v) is 4.01. The Morgan fingerprint density at radius 1 is 1.58 bits per heavy atom. The fraction of sp³-hybridized carbons (Fsp3) is 0.444. The molecule has 0 atom stereocenters. The molecule has 0 aliphatic rings. The summed E-state index contributed by atoms with van der Waals surface area (Å²) in [5.41, 5.74) is 0.541. The molecule has 0 fully saturated rings. The lowest BCUT2D eigenvalue weighted by Gasteiger charge is -2.05. The Balaban J connectivity index is 2.92. The SMILES string of the molecule is CC(C)Cc1nccc(Br)c1F. The van der Waals surface area contributed by atoms with Crippen LogP contribution >= 0.6 is 15.9 Å². The third-order valence-corrected chi connectivity index (χ3v) is 2.13. The van der Waals surface area contributed by atoms with Crippen molar-refractivity contribution < 1.29 is 4.39 Å². The minimum absolute atomic E-state index is 0.230. The van der Waals surface area contributed by atoms with Gasteiger partial charge in [-0.1, -0.05) is 13.8 Å². The van der Waals surface area contributed by atoms with E-state index in [2.05, 4.69) is 20.9 Å². The fourth-order valence-corrected chi connectivity index (χ4v) is 1.34. The molecule has 0 aliphatic carbocycles. The molecule has 3 heteroatoms. The molecule has 0 amide bonds. The molecular weight excluding hydrogens is 221 g/mol. The Kier molecular flexibility index (Phi) is 3.20. The molecule has 0 bridgehead atoms. The van der Waals surface area contributed by atoms with Crippen molar-refractivity contribution >= 4 is 15.9 Å². The lowest BCUT2D eigenvalue weighted by atomic mass is 10.1. The zero-order chi connectivity index (χ0) is 9.14. The number of halogens is 2. The minimum atomic E-state index is -0.230. The summed E-state index contributed by atoms with van der Waals surface area (Å²) in [7, 11) is 0. The van der Waals surface area contributed by atoms with Crippen LogP contribution in [0.3, 0.4) is 0 Å². The van der Waals surface area contributed by atoms with Crippen molar-refractivity contribution in [2.45, 2.75) is 20.3 Å². The third-order valence-electron chi connectivity index (χ3n) is 1.52. The van der Waals surface area contributed by atoms with Gasteiger partial charge < -0.3 is 0 Å². The summed E-state index contributed by atoms with van der Waals surface area (Å²) in [4.78, 5) is 3.97. The van der Waals surface area contributed by atoms with Crippen LogP contribution < -0.4 is 0 Å². The molecule has 0 spiro atoms. The van der Waals surface area contributed by atoms with Crippen LogP contribution in [0, 0.1) is 11.7 Å². The van der Waals surface area contributed by atoms with E-state index in [0.717, 1.165) is 0 Å². The average Bonchev–Trinajstić information content (AvgIpc) is 1.98. The smallest absolute Gasteiger partial charge is 0.158 e. The van der Waals surface area contributed by atoms with Crippen LogP contribution in [-0.4, -0.2) is 4.98 Å². The van der Waals surface area contributed by atoms with Crippen molar-refractivity contribution in [3.05, 3.63) is 28.2 Å². The number of hydrogen-bond acceptors (Lipinski definition) is 1. The van der Waals surface area contributed by atoms with Gasteiger partial charge in [0.2, 0.25) is 0 Å². The molecule has 1 aromatic heterocycles. The van der Waals surface area contributed by atoms with E-state index in [9.17, 15) is 4.39 Å². The summed E-state index contributed by atoms with van der Waals surface area (Å²) in [6.45, 7) is 4.09. The van der Waals surface area contributed by atoms with Crippen LogP contribution in [0.15, 0.2) is 16.7 Å². The molecule has 0 aliphatic heterocycles. The van der Waals surface area contributed by atoms with Gasteiger partial charge in [0, 0.05) is 6.20 Å². The normalized spacial score (nSPS) is 10.8. The van der Waals surface area contributed by atoms with E-state index in [1.165, 1.54) is 0 Å². The molecular formula is C9H11BrFN. The van der Waals surface area contributed by atoms with Crippen molar-refractivity contribution in [1.82, 2.24) is 4.98 Å². The highest BCUT2D eigenvalue weighted by atomic mass is 79.9. The van der Waals surface area contributed by atoms with Crippen LogP contribution in [-0.2, 0) is 6.42 Å². The lowest BCUT2D eigenvalue weighted by molar-refractivity contribution is 0.555. The molecule has 12 heavy (non-hydrogen) atoms. The van der Waals surface area contributed by atoms with Gasteiger partial charge in [0.1, 0.15) is 0 Å². The first-order valence-electron chi connectivity index (χ1n) is 3.90. The van der Waals surface area contributed by atoms with Gasteiger partial charge in [-0.25, -0.2) is 4.39 Å². The van der Waals surface area contributed by atoms with Crippen LogP contribution in [0.5, 0.6) is 0 Å². The molecule has 0 unspecified atom stereocenters. The second kappa shape index (κ2) is 3.99. The molecule has 0 aromatic carbocycles. The zero-order valence-electron chi connectivity index (χ0n) is 7.14. The number of hydrogen-bond donors (Lipinski definition) is 0. The highest BCUT2D eigenvalue weighted by Crippen LogP contribution is 2.18. The van der Waals surface area contributed by atoms with E-state index < -0.39 is 0 Å². The minimum Gasteiger partial charge on any atom is -0.258 e. The Morgan fingerprint density at radius 3 is 2.83 bits per heavy atom. The highest BCUT2D eigenvalue weighted by molar-refractivity contribution is 9.10. The Bertz CT molecular complexity index is 273. The van der Waals surface area contributed by atoms with Crippen molar-refractivity contribution in [2.75, 3.05) is 0 Å². The molecule has 0 saturated carbocycles.